The molecule has 6 heterocycles. The highest BCUT2D eigenvalue weighted by Gasteiger charge is 2.33. The third kappa shape index (κ3) is 7.90. The van der Waals surface area contributed by atoms with Crippen LogP contribution in [0.15, 0.2) is 59.5 Å². The Morgan fingerprint density at radius 3 is 2.44 bits per heavy atom. The molecule has 9 rings (SSSR count). The monoisotopic (exact) mass is 805 g/mol. The minimum atomic E-state index is -0.701. The number of para-hydroxylation sites is 1. The number of aromatic nitrogens is 5. The quantitative estimate of drug-likeness (QED) is 0.233. The van der Waals surface area contributed by atoms with Crippen LogP contribution in [0.3, 0.4) is 0 Å². The summed E-state index contributed by atoms with van der Waals surface area (Å²) >= 11 is 0. The third-order valence-corrected chi connectivity index (χ3v) is 12.6. The molecule has 1 unspecified atom stereocenters. The van der Waals surface area contributed by atoms with E-state index < -0.39 is 11.9 Å². The normalized spacial score (nSPS) is 22.4. The molecule has 5 aromatic rings. The minimum Gasteiger partial charge on any atom is -0.489 e. The lowest BCUT2D eigenvalue weighted by Gasteiger charge is -2.40. The number of ether oxygens (including phenoxy) is 3. The second-order valence-electron chi connectivity index (χ2n) is 16.3. The lowest BCUT2D eigenvalue weighted by Crippen LogP contribution is -2.45. The number of piperidine rings is 2. The number of carbonyl (C=O) groups is 3. The molecule has 310 valence electrons. The van der Waals surface area contributed by atoms with Crippen molar-refractivity contribution < 1.29 is 28.6 Å². The first-order valence-corrected chi connectivity index (χ1v) is 20.8. The van der Waals surface area contributed by atoms with Crippen molar-refractivity contribution in [3.8, 4) is 11.6 Å². The number of fused-ring (bicyclic) bond motifs is 5. The topological polar surface area (TPSA) is 167 Å². The van der Waals surface area contributed by atoms with Crippen LogP contribution >= 0.6 is 0 Å². The Balaban J connectivity index is 0.814. The molecule has 3 aromatic heterocycles. The summed E-state index contributed by atoms with van der Waals surface area (Å²) in [6, 6.07) is 14.9. The van der Waals surface area contributed by atoms with Crippen LogP contribution in [0.5, 0.6) is 11.6 Å². The number of rotatable bonds is 6. The van der Waals surface area contributed by atoms with Gasteiger partial charge in [-0.2, -0.15) is 5.10 Å². The largest absolute Gasteiger partial charge is 0.489 e. The molecule has 3 fully saturated rings. The van der Waals surface area contributed by atoms with Gasteiger partial charge in [-0.1, -0.05) is 12.1 Å². The van der Waals surface area contributed by atoms with Gasteiger partial charge in [-0.3, -0.25) is 33.5 Å². The molecule has 3 aliphatic heterocycles. The molecular formula is C43H51N9O7. The van der Waals surface area contributed by atoms with Gasteiger partial charge in [0.1, 0.15) is 30.7 Å². The Hall–Kier alpha value is -5.74. The van der Waals surface area contributed by atoms with Gasteiger partial charge < -0.3 is 29.3 Å². The van der Waals surface area contributed by atoms with Gasteiger partial charge in [0.25, 0.3) is 5.91 Å². The number of imidazole rings is 1. The van der Waals surface area contributed by atoms with E-state index >= 15 is 0 Å². The summed E-state index contributed by atoms with van der Waals surface area (Å²) in [4.78, 5) is 60.5. The number of pyridine rings is 1. The number of carbonyl (C=O) groups excluding carboxylic acids is 3. The first-order valence-electron chi connectivity index (χ1n) is 20.8. The first-order chi connectivity index (χ1) is 28.7. The highest BCUT2D eigenvalue weighted by Crippen LogP contribution is 2.37. The number of amides is 3. The van der Waals surface area contributed by atoms with Crippen molar-refractivity contribution in [2.75, 3.05) is 63.3 Å². The Bertz CT molecular complexity index is 2440. The van der Waals surface area contributed by atoms with Crippen molar-refractivity contribution in [1.29, 1.82) is 0 Å². The number of aryl methyl sites for hydroxylation is 1. The summed E-state index contributed by atoms with van der Waals surface area (Å²) in [5, 5.41) is 11.3. The molecule has 16 heteroatoms. The SMILES string of the molecule is CN(C[C@H]1CC[C@H](n2cc3cc4c(cc3n2)OCCOCCOc2cccc(n2)C(=O)N4)CC1)C1CCN(c2cccc3c2n(C)c(=O)n3C2CCC(=O)NC2=O)CC1. The van der Waals surface area contributed by atoms with Gasteiger partial charge in [0, 0.05) is 62.9 Å². The molecule has 0 radical (unpaired) electrons. The number of imide groups is 1. The van der Waals surface area contributed by atoms with Gasteiger partial charge in [0.2, 0.25) is 17.7 Å². The summed E-state index contributed by atoms with van der Waals surface area (Å²) in [7, 11) is 4.02. The first kappa shape index (κ1) is 38.8. The van der Waals surface area contributed by atoms with Gasteiger partial charge in [-0.25, -0.2) is 9.78 Å². The smallest absolute Gasteiger partial charge is 0.329 e. The van der Waals surface area contributed by atoms with Crippen molar-refractivity contribution in [3.05, 3.63) is 70.9 Å². The molecule has 1 saturated carbocycles. The zero-order valence-electron chi connectivity index (χ0n) is 33.6. The average molecular weight is 806 g/mol. The van der Waals surface area contributed by atoms with Crippen molar-refractivity contribution in [2.24, 2.45) is 13.0 Å². The second kappa shape index (κ2) is 16.5. The number of hydrogen-bond donors (Lipinski definition) is 2. The standard InChI is InChI=1S/C43H51N9O7/c1-48(29-15-17-50(18-16-29)34-6-4-7-35-40(34)49(2)43(56)52(35)36-13-14-38(53)46-42(36)55)25-27-9-11-30(12-10-27)51-26-28-23-33-37(24-32(28)47-51)58-21-19-57-20-22-59-39-8-3-5-31(44-39)41(54)45-33/h3-8,23-24,26-27,29-30,36H,9-22,25H2,1-2H3,(H,45,54)(H,46,53,55)/t27-,30-,36?. The molecular weight excluding hydrogens is 755 g/mol. The van der Waals surface area contributed by atoms with Crippen LogP contribution in [0.2, 0.25) is 0 Å². The molecule has 2 aromatic carbocycles. The van der Waals surface area contributed by atoms with Crippen molar-refractivity contribution in [1.82, 2.24) is 34.1 Å². The fourth-order valence-electron chi connectivity index (χ4n) is 9.40. The van der Waals surface area contributed by atoms with E-state index in [1.807, 2.05) is 24.3 Å². The van der Waals surface area contributed by atoms with E-state index in [1.54, 1.807) is 34.4 Å². The van der Waals surface area contributed by atoms with E-state index in [4.69, 9.17) is 19.3 Å². The Morgan fingerprint density at radius 2 is 1.64 bits per heavy atom. The van der Waals surface area contributed by atoms with Crippen molar-refractivity contribution in [2.45, 2.75) is 69.5 Å². The van der Waals surface area contributed by atoms with Crippen molar-refractivity contribution in [3.63, 3.8) is 0 Å². The van der Waals surface area contributed by atoms with E-state index in [2.05, 4.69) is 49.4 Å². The summed E-state index contributed by atoms with van der Waals surface area (Å²) < 4.78 is 22.7. The van der Waals surface area contributed by atoms with Gasteiger partial charge in [0.15, 0.2) is 0 Å². The highest BCUT2D eigenvalue weighted by atomic mass is 16.5. The zero-order chi connectivity index (χ0) is 40.6. The van der Waals surface area contributed by atoms with Crippen LogP contribution in [0, 0.1) is 5.92 Å². The molecule has 4 aliphatic rings. The third-order valence-electron chi connectivity index (χ3n) is 12.6. The predicted octanol–water partition coefficient (Wildman–Crippen LogP) is 4.43. The summed E-state index contributed by atoms with van der Waals surface area (Å²) in [5.74, 6) is 0.446. The maximum atomic E-state index is 13.5. The van der Waals surface area contributed by atoms with Crippen LogP contribution in [0.4, 0.5) is 11.4 Å². The second-order valence-corrected chi connectivity index (χ2v) is 16.3. The molecule has 1 aliphatic carbocycles. The summed E-state index contributed by atoms with van der Waals surface area (Å²) in [6.45, 7) is 4.19. The van der Waals surface area contributed by atoms with Crippen LogP contribution in [-0.4, -0.2) is 106 Å². The minimum absolute atomic E-state index is 0.215. The highest BCUT2D eigenvalue weighted by molar-refractivity contribution is 6.05. The molecule has 59 heavy (non-hydrogen) atoms. The van der Waals surface area contributed by atoms with E-state index in [1.165, 1.54) is 0 Å². The molecule has 3 amide bonds. The van der Waals surface area contributed by atoms with E-state index in [-0.39, 0.29) is 29.6 Å². The van der Waals surface area contributed by atoms with Gasteiger partial charge in [-0.15, -0.1) is 0 Å². The zero-order valence-corrected chi connectivity index (χ0v) is 33.6. The number of benzene rings is 2. The Morgan fingerprint density at radius 1 is 0.864 bits per heavy atom. The van der Waals surface area contributed by atoms with Crippen molar-refractivity contribution >= 4 is 51.0 Å². The Kier molecular flexibility index (Phi) is 10.8. The van der Waals surface area contributed by atoms with Gasteiger partial charge in [0.05, 0.1) is 47.2 Å². The van der Waals surface area contributed by atoms with E-state index in [9.17, 15) is 19.2 Å². The van der Waals surface area contributed by atoms with E-state index in [0.717, 1.165) is 85.8 Å². The van der Waals surface area contributed by atoms with Crippen LogP contribution < -0.4 is 30.7 Å². The number of nitrogens with zero attached hydrogens (tertiary/aromatic N) is 7. The fraction of sp³-hybridized carbons (Fsp3) is 0.488. The van der Waals surface area contributed by atoms with Crippen LogP contribution in [-0.2, 0) is 21.4 Å². The summed E-state index contributed by atoms with van der Waals surface area (Å²) in [6.07, 6.45) is 8.97. The molecule has 16 nitrogen and oxygen atoms in total. The number of nitrogens with one attached hydrogen (secondary N) is 2. The van der Waals surface area contributed by atoms with Crippen LogP contribution in [0.25, 0.3) is 21.9 Å². The molecule has 1 atom stereocenters. The van der Waals surface area contributed by atoms with Gasteiger partial charge in [-0.05, 0) is 82.2 Å². The maximum Gasteiger partial charge on any atom is 0.329 e. The lowest BCUT2D eigenvalue weighted by atomic mass is 9.85. The van der Waals surface area contributed by atoms with Crippen LogP contribution in [0.1, 0.15) is 73.9 Å². The molecule has 2 saturated heterocycles. The fourth-order valence-corrected chi connectivity index (χ4v) is 9.40. The lowest BCUT2D eigenvalue weighted by molar-refractivity contribution is -0.135. The predicted molar refractivity (Wildman–Crippen MR) is 221 cm³/mol. The Labute approximate surface area is 341 Å². The number of hydrogen-bond acceptors (Lipinski definition) is 11. The number of anilines is 2. The van der Waals surface area contributed by atoms with Gasteiger partial charge >= 0.3 is 5.69 Å². The average Bonchev–Trinajstić information content (AvgIpc) is 3.77. The maximum absolute atomic E-state index is 13.5. The molecule has 2 bridgehead atoms. The van der Waals surface area contributed by atoms with E-state index in [0.29, 0.717) is 68.2 Å². The summed E-state index contributed by atoms with van der Waals surface area (Å²) in [5.41, 5.74) is 3.91. The molecule has 0 spiro atoms. The molecule has 2 N–H and O–H groups in total.